The SMILES string of the molecule is CCS(=O)(=O)c1cc(-c2ccc(C(F)(F)F)cn2)cnc1C(=O)N1CCC2=C1C=C(C(F)(F)F)CN2. The second-order valence-electron chi connectivity index (χ2n) is 8.00. The molecule has 36 heavy (non-hydrogen) atoms. The lowest BCUT2D eigenvalue weighted by Crippen LogP contribution is -2.33. The van der Waals surface area contributed by atoms with Crippen LogP contribution in [0.15, 0.2) is 58.5 Å². The molecule has 0 spiro atoms. The number of sulfone groups is 1. The fourth-order valence-corrected chi connectivity index (χ4v) is 4.84. The average Bonchev–Trinajstić information content (AvgIpc) is 3.25. The molecule has 0 aromatic carbocycles. The second kappa shape index (κ2) is 8.91. The lowest BCUT2D eigenvalue weighted by Gasteiger charge is -2.24. The Kier molecular flexibility index (Phi) is 6.35. The Morgan fingerprint density at radius 3 is 2.39 bits per heavy atom. The third-order valence-electron chi connectivity index (χ3n) is 5.75. The van der Waals surface area contributed by atoms with Gasteiger partial charge >= 0.3 is 12.4 Å². The minimum absolute atomic E-state index is 0.00758. The van der Waals surface area contributed by atoms with Gasteiger partial charge in [-0.15, -0.1) is 0 Å². The third-order valence-corrected chi connectivity index (χ3v) is 7.50. The van der Waals surface area contributed by atoms with Crippen LogP contribution in [0.1, 0.15) is 29.4 Å². The summed E-state index contributed by atoms with van der Waals surface area (Å²) in [6, 6.07) is 2.89. The van der Waals surface area contributed by atoms with Crippen LogP contribution in [0.2, 0.25) is 0 Å². The molecular weight excluding hydrogens is 514 g/mol. The Morgan fingerprint density at radius 1 is 1.08 bits per heavy atom. The molecule has 1 amide bonds. The zero-order valence-corrected chi connectivity index (χ0v) is 19.4. The molecule has 2 aliphatic rings. The van der Waals surface area contributed by atoms with Gasteiger partial charge in [0.15, 0.2) is 9.84 Å². The van der Waals surface area contributed by atoms with E-state index in [1.165, 1.54) is 6.92 Å². The summed E-state index contributed by atoms with van der Waals surface area (Å²) >= 11 is 0. The van der Waals surface area contributed by atoms with Crippen molar-refractivity contribution in [2.75, 3.05) is 18.8 Å². The van der Waals surface area contributed by atoms with Crippen molar-refractivity contribution in [3.63, 3.8) is 0 Å². The van der Waals surface area contributed by atoms with Crippen molar-refractivity contribution in [3.8, 4) is 11.3 Å². The Morgan fingerprint density at radius 2 is 1.81 bits per heavy atom. The maximum atomic E-state index is 13.3. The first-order valence-corrected chi connectivity index (χ1v) is 12.2. The second-order valence-corrected chi connectivity index (χ2v) is 10.2. The van der Waals surface area contributed by atoms with Crippen molar-refractivity contribution >= 4 is 15.7 Å². The van der Waals surface area contributed by atoms with Gasteiger partial charge in [0, 0.05) is 43.2 Å². The standard InChI is InChI=1S/C22H18F6N4O3S/c1-2-36(34,35)18-7-12(15-4-3-13(10-29-15)21(23,24)25)9-31-19(18)20(33)32-6-5-16-17(32)8-14(11-30-16)22(26,27)28/h3-4,7-10,30H,2,5-6,11H2,1H3. The summed E-state index contributed by atoms with van der Waals surface area (Å²) in [5.74, 6) is -1.34. The third kappa shape index (κ3) is 4.81. The van der Waals surface area contributed by atoms with Gasteiger partial charge < -0.3 is 10.2 Å². The average molecular weight is 532 g/mol. The number of nitrogens with zero attached hydrogens (tertiary/aromatic N) is 3. The summed E-state index contributed by atoms with van der Waals surface area (Å²) < 4.78 is 104. The van der Waals surface area contributed by atoms with Gasteiger partial charge in [-0.1, -0.05) is 6.92 Å². The van der Waals surface area contributed by atoms with Gasteiger partial charge in [-0.05, 0) is 24.3 Å². The fraction of sp³-hybridized carbons (Fsp3) is 0.318. The van der Waals surface area contributed by atoms with Gasteiger partial charge in [0.1, 0.15) is 5.69 Å². The molecule has 0 aliphatic carbocycles. The highest BCUT2D eigenvalue weighted by Crippen LogP contribution is 2.35. The van der Waals surface area contributed by atoms with E-state index in [0.29, 0.717) is 11.9 Å². The van der Waals surface area contributed by atoms with Crippen molar-refractivity contribution in [2.24, 2.45) is 0 Å². The predicted molar refractivity (Wildman–Crippen MR) is 115 cm³/mol. The number of carbonyl (C=O) groups is 1. The van der Waals surface area contributed by atoms with Crippen molar-refractivity contribution in [3.05, 3.63) is 64.9 Å². The molecule has 14 heteroatoms. The summed E-state index contributed by atoms with van der Waals surface area (Å²) in [6.45, 7) is 0.882. The maximum absolute atomic E-state index is 13.3. The van der Waals surface area contributed by atoms with Crippen LogP contribution >= 0.6 is 0 Å². The Labute approximate surface area is 201 Å². The van der Waals surface area contributed by atoms with Crippen molar-refractivity contribution < 1.29 is 39.6 Å². The lowest BCUT2D eigenvalue weighted by atomic mass is 10.1. The quantitative estimate of drug-likeness (QED) is 0.597. The molecule has 2 aliphatic heterocycles. The summed E-state index contributed by atoms with van der Waals surface area (Å²) in [5.41, 5.74) is -1.96. The Bertz CT molecular complexity index is 1380. The number of allylic oxidation sites excluding steroid dienone is 1. The molecule has 1 N–H and O–H groups in total. The van der Waals surface area contributed by atoms with Gasteiger partial charge in [0.25, 0.3) is 5.91 Å². The zero-order valence-electron chi connectivity index (χ0n) is 18.5. The molecule has 0 fully saturated rings. The van der Waals surface area contributed by atoms with Crippen LogP contribution in [0.3, 0.4) is 0 Å². The molecule has 7 nitrogen and oxygen atoms in total. The Balaban J connectivity index is 1.75. The van der Waals surface area contributed by atoms with Crippen LogP contribution in [0.25, 0.3) is 11.3 Å². The van der Waals surface area contributed by atoms with Gasteiger partial charge in [-0.3, -0.25) is 9.78 Å². The number of pyridine rings is 2. The minimum Gasteiger partial charge on any atom is -0.383 e. The first-order chi connectivity index (χ1) is 16.7. The van der Waals surface area contributed by atoms with Crippen molar-refractivity contribution in [1.82, 2.24) is 20.2 Å². The van der Waals surface area contributed by atoms with Crippen LogP contribution in [-0.2, 0) is 16.0 Å². The van der Waals surface area contributed by atoms with E-state index < -0.39 is 62.1 Å². The fourth-order valence-electron chi connectivity index (χ4n) is 3.79. The van der Waals surface area contributed by atoms with E-state index in [1.807, 2.05) is 0 Å². The number of hydrogen-bond donors (Lipinski definition) is 1. The molecular formula is C22H18F6N4O3S. The van der Waals surface area contributed by atoms with Gasteiger partial charge in [0.2, 0.25) is 0 Å². The smallest absolute Gasteiger partial charge is 0.383 e. The van der Waals surface area contributed by atoms with E-state index in [1.54, 1.807) is 0 Å². The predicted octanol–water partition coefficient (Wildman–Crippen LogP) is 4.11. The zero-order chi connectivity index (χ0) is 26.5. The van der Waals surface area contributed by atoms with E-state index in [4.69, 9.17) is 0 Å². The highest BCUT2D eigenvalue weighted by Gasteiger charge is 2.39. The number of halogens is 6. The van der Waals surface area contributed by atoms with Crippen LogP contribution < -0.4 is 5.32 Å². The van der Waals surface area contributed by atoms with Crippen LogP contribution in [-0.4, -0.2) is 54.2 Å². The molecule has 2 aromatic rings. The summed E-state index contributed by atoms with van der Waals surface area (Å²) in [4.78, 5) is 21.6. The monoisotopic (exact) mass is 532 g/mol. The first-order valence-electron chi connectivity index (χ1n) is 10.6. The van der Waals surface area contributed by atoms with Crippen molar-refractivity contribution in [1.29, 1.82) is 0 Å². The Hall–Kier alpha value is -3.42. The van der Waals surface area contributed by atoms with Crippen molar-refractivity contribution in [2.45, 2.75) is 30.6 Å². The van der Waals surface area contributed by atoms with E-state index in [2.05, 4.69) is 15.3 Å². The molecule has 0 saturated carbocycles. The van der Waals surface area contributed by atoms with Gasteiger partial charge in [-0.25, -0.2) is 13.4 Å². The minimum atomic E-state index is -4.62. The van der Waals surface area contributed by atoms with Crippen LogP contribution in [0, 0.1) is 0 Å². The van der Waals surface area contributed by atoms with Crippen LogP contribution in [0.5, 0.6) is 0 Å². The number of hydrogen-bond acceptors (Lipinski definition) is 6. The number of aromatic nitrogens is 2. The van der Waals surface area contributed by atoms with Gasteiger partial charge in [-0.2, -0.15) is 26.3 Å². The van der Waals surface area contributed by atoms with Crippen LogP contribution in [0.4, 0.5) is 26.3 Å². The van der Waals surface area contributed by atoms with Gasteiger partial charge in [0.05, 0.1) is 33.2 Å². The number of alkyl halides is 6. The number of nitrogens with one attached hydrogen (secondary N) is 1. The van der Waals surface area contributed by atoms with E-state index >= 15 is 0 Å². The van der Waals surface area contributed by atoms with E-state index in [0.717, 1.165) is 35.4 Å². The largest absolute Gasteiger partial charge is 0.417 e. The normalized spacial score (nSPS) is 16.5. The highest BCUT2D eigenvalue weighted by atomic mass is 32.2. The molecule has 0 radical (unpaired) electrons. The number of carbonyl (C=O) groups excluding carboxylic acids is 1. The molecule has 0 bridgehead atoms. The maximum Gasteiger partial charge on any atom is 0.417 e. The van der Waals surface area contributed by atoms with E-state index in [9.17, 15) is 39.6 Å². The van der Waals surface area contributed by atoms with E-state index in [-0.39, 0.29) is 29.9 Å². The summed E-state index contributed by atoms with van der Waals surface area (Å²) in [6.07, 6.45) is -6.47. The molecule has 0 atom stereocenters. The lowest BCUT2D eigenvalue weighted by molar-refractivity contribution is -0.137. The molecule has 0 saturated heterocycles. The summed E-state index contributed by atoms with van der Waals surface area (Å²) in [5, 5.41) is 2.65. The molecule has 0 unspecified atom stereocenters. The number of dihydropyridines is 1. The highest BCUT2D eigenvalue weighted by molar-refractivity contribution is 7.91. The summed E-state index contributed by atoms with van der Waals surface area (Å²) in [7, 11) is -4.07. The molecule has 4 heterocycles. The molecule has 2 aromatic heterocycles. The number of amides is 1. The molecule has 192 valence electrons. The topological polar surface area (TPSA) is 92.3 Å². The number of rotatable bonds is 4. The first kappa shape index (κ1) is 25.7. The molecule has 4 rings (SSSR count).